The van der Waals surface area contributed by atoms with Gasteiger partial charge in [-0.3, -0.25) is 4.90 Å². The molecule has 0 radical (unpaired) electrons. The van der Waals surface area contributed by atoms with Gasteiger partial charge < -0.3 is 9.88 Å². The molecule has 1 saturated carbocycles. The van der Waals surface area contributed by atoms with Crippen LogP contribution in [0.25, 0.3) is 0 Å². The van der Waals surface area contributed by atoms with Crippen molar-refractivity contribution in [2.24, 2.45) is 11.3 Å². The first-order valence-electron chi connectivity index (χ1n) is 8.00. The number of nitrogens with one attached hydrogen (secondary N) is 1. The molecule has 0 amide bonds. The van der Waals surface area contributed by atoms with Crippen molar-refractivity contribution in [3.63, 3.8) is 0 Å². The van der Waals surface area contributed by atoms with Gasteiger partial charge in [0.05, 0.1) is 6.54 Å². The van der Waals surface area contributed by atoms with Crippen molar-refractivity contribution < 1.29 is 0 Å². The van der Waals surface area contributed by atoms with Crippen LogP contribution in [0.15, 0.2) is 12.4 Å². The molecule has 1 aliphatic heterocycles. The summed E-state index contributed by atoms with van der Waals surface area (Å²) in [5.41, 5.74) is 0.423. The fourth-order valence-electron chi connectivity index (χ4n) is 4.31. The number of fused-ring (bicyclic) bond motifs is 1. The van der Waals surface area contributed by atoms with Gasteiger partial charge in [0, 0.05) is 38.1 Å². The second-order valence-electron chi connectivity index (χ2n) is 7.18. The van der Waals surface area contributed by atoms with E-state index in [9.17, 15) is 0 Å². The molecule has 1 aromatic rings. The maximum absolute atomic E-state index is 4.47. The lowest BCUT2D eigenvalue weighted by molar-refractivity contribution is 0.0742. The molecule has 0 spiro atoms. The molecule has 1 fully saturated rings. The van der Waals surface area contributed by atoms with E-state index in [4.69, 9.17) is 0 Å². The Morgan fingerprint density at radius 1 is 1.40 bits per heavy atom. The van der Waals surface area contributed by atoms with Gasteiger partial charge in [0.15, 0.2) is 0 Å². The van der Waals surface area contributed by atoms with E-state index in [1.54, 1.807) is 0 Å². The van der Waals surface area contributed by atoms with Gasteiger partial charge in [-0.15, -0.1) is 0 Å². The molecule has 4 heteroatoms. The van der Waals surface area contributed by atoms with Gasteiger partial charge in [0.25, 0.3) is 0 Å². The molecule has 2 heterocycles. The zero-order chi connectivity index (χ0) is 14.2. The highest BCUT2D eigenvalue weighted by Crippen LogP contribution is 2.39. The van der Waals surface area contributed by atoms with Gasteiger partial charge in [-0.2, -0.15) is 0 Å². The van der Waals surface area contributed by atoms with E-state index < -0.39 is 0 Å². The fourth-order valence-corrected chi connectivity index (χ4v) is 4.31. The minimum Gasteiger partial charge on any atom is -0.333 e. The van der Waals surface area contributed by atoms with Crippen molar-refractivity contribution in [2.75, 3.05) is 20.1 Å². The zero-order valence-electron chi connectivity index (χ0n) is 13.1. The van der Waals surface area contributed by atoms with Gasteiger partial charge in [-0.05, 0) is 31.2 Å². The van der Waals surface area contributed by atoms with Crippen molar-refractivity contribution in [1.29, 1.82) is 0 Å². The standard InChI is InChI=1S/C16H28N4/c1-16(2)6-4-5-13(15(16)17-3)11-19-9-10-20-8-7-18-14(20)12-19/h7-8,13,15,17H,4-6,9-12H2,1-3H3. The molecular weight excluding hydrogens is 248 g/mol. The number of hydrogen-bond donors (Lipinski definition) is 1. The molecule has 112 valence electrons. The molecular formula is C16H28N4. The molecule has 20 heavy (non-hydrogen) atoms. The molecule has 3 rings (SSSR count). The number of aromatic nitrogens is 2. The third-order valence-electron chi connectivity index (χ3n) is 5.34. The van der Waals surface area contributed by atoms with Gasteiger partial charge in [-0.1, -0.05) is 20.3 Å². The number of rotatable bonds is 3. The highest BCUT2D eigenvalue weighted by atomic mass is 15.2. The minimum absolute atomic E-state index is 0.423. The smallest absolute Gasteiger partial charge is 0.122 e. The fraction of sp³-hybridized carbons (Fsp3) is 0.812. The molecule has 4 nitrogen and oxygen atoms in total. The first-order chi connectivity index (χ1) is 9.60. The quantitative estimate of drug-likeness (QED) is 0.918. The van der Waals surface area contributed by atoms with E-state index in [0.29, 0.717) is 11.5 Å². The molecule has 1 aromatic heterocycles. The van der Waals surface area contributed by atoms with Crippen LogP contribution in [0.5, 0.6) is 0 Å². The monoisotopic (exact) mass is 276 g/mol. The van der Waals surface area contributed by atoms with Crippen LogP contribution in [-0.4, -0.2) is 40.6 Å². The lowest BCUT2D eigenvalue weighted by atomic mass is 9.68. The average Bonchev–Trinajstić information content (AvgIpc) is 2.85. The second kappa shape index (κ2) is 5.49. The van der Waals surface area contributed by atoms with Crippen molar-refractivity contribution in [1.82, 2.24) is 19.8 Å². The summed E-state index contributed by atoms with van der Waals surface area (Å²) in [6, 6.07) is 0.637. The Labute approximate surface area is 122 Å². The number of hydrogen-bond acceptors (Lipinski definition) is 3. The van der Waals surface area contributed by atoms with E-state index in [-0.39, 0.29) is 0 Å². The summed E-state index contributed by atoms with van der Waals surface area (Å²) in [5, 5.41) is 3.60. The van der Waals surface area contributed by atoms with Crippen LogP contribution in [0.3, 0.4) is 0 Å². The molecule has 2 unspecified atom stereocenters. The second-order valence-corrected chi connectivity index (χ2v) is 7.18. The van der Waals surface area contributed by atoms with E-state index in [1.165, 1.54) is 31.6 Å². The third kappa shape index (κ3) is 2.63. The number of imidazole rings is 1. The largest absolute Gasteiger partial charge is 0.333 e. The van der Waals surface area contributed by atoms with Crippen LogP contribution in [-0.2, 0) is 13.1 Å². The predicted octanol–water partition coefficient (Wildman–Crippen LogP) is 2.11. The summed E-state index contributed by atoms with van der Waals surface area (Å²) in [6.07, 6.45) is 8.11. The molecule has 0 aromatic carbocycles. The molecule has 2 aliphatic rings. The van der Waals surface area contributed by atoms with E-state index in [1.807, 2.05) is 6.20 Å². The lowest BCUT2D eigenvalue weighted by Gasteiger charge is -2.46. The van der Waals surface area contributed by atoms with Crippen molar-refractivity contribution >= 4 is 0 Å². The Hall–Kier alpha value is -0.870. The molecule has 1 N–H and O–H groups in total. The van der Waals surface area contributed by atoms with E-state index in [0.717, 1.165) is 25.6 Å². The zero-order valence-corrected chi connectivity index (χ0v) is 13.1. The first kappa shape index (κ1) is 14.1. The summed E-state index contributed by atoms with van der Waals surface area (Å²) in [7, 11) is 2.13. The Morgan fingerprint density at radius 2 is 2.25 bits per heavy atom. The third-order valence-corrected chi connectivity index (χ3v) is 5.34. The average molecular weight is 276 g/mol. The highest BCUT2D eigenvalue weighted by molar-refractivity contribution is 4.98. The van der Waals surface area contributed by atoms with E-state index >= 15 is 0 Å². The Balaban J connectivity index is 1.65. The van der Waals surface area contributed by atoms with Crippen molar-refractivity contribution in [2.45, 2.75) is 52.2 Å². The van der Waals surface area contributed by atoms with Gasteiger partial charge >= 0.3 is 0 Å². The van der Waals surface area contributed by atoms with Crippen LogP contribution in [0, 0.1) is 11.3 Å². The molecule has 1 aliphatic carbocycles. The van der Waals surface area contributed by atoms with Gasteiger partial charge in [-0.25, -0.2) is 4.98 Å². The van der Waals surface area contributed by atoms with Crippen LogP contribution < -0.4 is 5.32 Å². The van der Waals surface area contributed by atoms with Crippen LogP contribution >= 0.6 is 0 Å². The summed E-state index contributed by atoms with van der Waals surface area (Å²) in [4.78, 5) is 7.07. The SMILES string of the molecule is CNC1C(CN2CCn3ccnc3C2)CCCC1(C)C. The van der Waals surface area contributed by atoms with Gasteiger partial charge in [0.2, 0.25) is 0 Å². The number of nitrogens with zero attached hydrogens (tertiary/aromatic N) is 3. The Bertz CT molecular complexity index is 451. The maximum atomic E-state index is 4.47. The topological polar surface area (TPSA) is 33.1 Å². The summed E-state index contributed by atoms with van der Waals surface area (Å²) in [6.45, 7) is 9.32. The van der Waals surface area contributed by atoms with Crippen LogP contribution in [0.2, 0.25) is 0 Å². The van der Waals surface area contributed by atoms with Crippen molar-refractivity contribution in [3.8, 4) is 0 Å². The van der Waals surface area contributed by atoms with Crippen LogP contribution in [0.1, 0.15) is 38.9 Å². The highest BCUT2D eigenvalue weighted by Gasteiger charge is 2.38. The molecule has 2 atom stereocenters. The predicted molar refractivity (Wildman–Crippen MR) is 81.5 cm³/mol. The lowest BCUT2D eigenvalue weighted by Crippen LogP contribution is -2.52. The normalized spacial score (nSPS) is 30.1. The first-order valence-corrected chi connectivity index (χ1v) is 8.00. The Kier molecular flexibility index (Phi) is 3.87. The summed E-state index contributed by atoms with van der Waals surface area (Å²) in [5.74, 6) is 2.00. The minimum atomic E-state index is 0.423. The summed E-state index contributed by atoms with van der Waals surface area (Å²) >= 11 is 0. The van der Waals surface area contributed by atoms with Gasteiger partial charge in [0.1, 0.15) is 5.82 Å². The van der Waals surface area contributed by atoms with Crippen molar-refractivity contribution in [3.05, 3.63) is 18.2 Å². The van der Waals surface area contributed by atoms with Crippen LogP contribution in [0.4, 0.5) is 0 Å². The Morgan fingerprint density at radius 3 is 3.05 bits per heavy atom. The molecule has 0 saturated heterocycles. The van der Waals surface area contributed by atoms with E-state index in [2.05, 4.69) is 46.9 Å². The summed E-state index contributed by atoms with van der Waals surface area (Å²) < 4.78 is 2.29. The molecule has 0 bridgehead atoms. The maximum Gasteiger partial charge on any atom is 0.122 e.